The van der Waals surface area contributed by atoms with E-state index < -0.39 is 0 Å². The molecule has 0 amide bonds. The third-order valence-electron chi connectivity index (χ3n) is 3.47. The summed E-state index contributed by atoms with van der Waals surface area (Å²) in [6, 6.07) is 5.73. The molecule has 1 heterocycles. The van der Waals surface area contributed by atoms with Crippen LogP contribution in [-0.4, -0.2) is 43.9 Å². The Labute approximate surface area is 121 Å². The van der Waals surface area contributed by atoms with Gasteiger partial charge in [0.05, 0.1) is 6.61 Å². The highest BCUT2D eigenvalue weighted by Crippen LogP contribution is 2.21. The quantitative estimate of drug-likeness (QED) is 0.840. The lowest BCUT2D eigenvalue weighted by Gasteiger charge is -2.33. The van der Waals surface area contributed by atoms with Crippen molar-refractivity contribution in [2.45, 2.75) is 26.9 Å². The van der Waals surface area contributed by atoms with Crippen LogP contribution in [0, 0.1) is 12.8 Å². The van der Waals surface area contributed by atoms with Crippen LogP contribution in [0.25, 0.3) is 0 Å². The van der Waals surface area contributed by atoms with Crippen molar-refractivity contribution in [3.8, 4) is 5.75 Å². The summed E-state index contributed by atoms with van der Waals surface area (Å²) in [4.78, 5) is 2.46. The molecule has 0 saturated carbocycles. The average molecular weight is 278 g/mol. The number of hydrogen-bond acceptors (Lipinski definition) is 4. The van der Waals surface area contributed by atoms with Gasteiger partial charge in [-0.1, -0.05) is 13.8 Å². The minimum absolute atomic E-state index is 0.152. The van der Waals surface area contributed by atoms with Gasteiger partial charge in [0, 0.05) is 25.3 Å². The molecule has 2 rings (SSSR count). The summed E-state index contributed by atoms with van der Waals surface area (Å²) < 4.78 is 11.7. The summed E-state index contributed by atoms with van der Waals surface area (Å²) in [5, 5.41) is 0. The van der Waals surface area contributed by atoms with E-state index in [9.17, 15) is 0 Å². The molecular weight excluding hydrogens is 252 g/mol. The first kappa shape index (κ1) is 15.1. The molecular formula is C16H26N2O2. The van der Waals surface area contributed by atoms with Crippen LogP contribution < -0.4 is 10.5 Å². The lowest BCUT2D eigenvalue weighted by molar-refractivity contribution is -0.0505. The number of anilines is 1. The van der Waals surface area contributed by atoms with Crippen molar-refractivity contribution in [1.82, 2.24) is 4.90 Å². The van der Waals surface area contributed by atoms with Crippen molar-refractivity contribution in [3.63, 3.8) is 0 Å². The Bertz CT molecular complexity index is 434. The number of nitrogen functional groups attached to an aromatic ring is 1. The van der Waals surface area contributed by atoms with Crippen molar-refractivity contribution >= 4 is 5.69 Å². The first-order valence-corrected chi connectivity index (χ1v) is 7.37. The topological polar surface area (TPSA) is 47.7 Å². The second-order valence-electron chi connectivity index (χ2n) is 5.98. The summed E-state index contributed by atoms with van der Waals surface area (Å²) in [7, 11) is 0. The van der Waals surface area contributed by atoms with Crippen LogP contribution >= 0.6 is 0 Å². The van der Waals surface area contributed by atoms with E-state index in [-0.39, 0.29) is 6.10 Å². The molecule has 112 valence electrons. The third-order valence-corrected chi connectivity index (χ3v) is 3.47. The Kier molecular flexibility index (Phi) is 5.26. The first-order chi connectivity index (χ1) is 9.54. The average Bonchev–Trinajstić information content (AvgIpc) is 2.37. The van der Waals surface area contributed by atoms with Gasteiger partial charge < -0.3 is 15.2 Å². The van der Waals surface area contributed by atoms with Gasteiger partial charge in [0.2, 0.25) is 0 Å². The van der Waals surface area contributed by atoms with Crippen molar-refractivity contribution in [2.75, 3.05) is 38.6 Å². The van der Waals surface area contributed by atoms with E-state index in [0.29, 0.717) is 12.5 Å². The minimum Gasteiger partial charge on any atom is -0.491 e. The van der Waals surface area contributed by atoms with E-state index in [1.807, 2.05) is 25.1 Å². The molecule has 1 fully saturated rings. The molecule has 1 unspecified atom stereocenters. The largest absolute Gasteiger partial charge is 0.491 e. The SMILES string of the molecule is Cc1cc(N)ccc1OCC1CN(CC(C)C)CCO1. The molecule has 4 nitrogen and oxygen atoms in total. The predicted molar refractivity (Wildman–Crippen MR) is 82.1 cm³/mol. The monoisotopic (exact) mass is 278 g/mol. The molecule has 1 saturated heterocycles. The number of ether oxygens (including phenoxy) is 2. The molecule has 4 heteroatoms. The predicted octanol–water partition coefficient (Wildman–Crippen LogP) is 2.31. The maximum absolute atomic E-state index is 5.88. The molecule has 0 aromatic heterocycles. The van der Waals surface area contributed by atoms with Crippen LogP contribution in [0.5, 0.6) is 5.75 Å². The third kappa shape index (κ3) is 4.39. The summed E-state index contributed by atoms with van der Waals surface area (Å²) >= 11 is 0. The van der Waals surface area contributed by atoms with Crippen LogP contribution in [0.1, 0.15) is 19.4 Å². The Morgan fingerprint density at radius 2 is 2.25 bits per heavy atom. The van der Waals surface area contributed by atoms with Gasteiger partial charge in [0.25, 0.3) is 0 Å². The first-order valence-electron chi connectivity index (χ1n) is 7.37. The van der Waals surface area contributed by atoms with E-state index in [0.717, 1.165) is 43.2 Å². The van der Waals surface area contributed by atoms with E-state index >= 15 is 0 Å². The van der Waals surface area contributed by atoms with Crippen LogP contribution in [0.3, 0.4) is 0 Å². The second-order valence-corrected chi connectivity index (χ2v) is 5.98. The Balaban J connectivity index is 1.84. The van der Waals surface area contributed by atoms with Crippen molar-refractivity contribution in [2.24, 2.45) is 5.92 Å². The smallest absolute Gasteiger partial charge is 0.122 e. The molecule has 2 N–H and O–H groups in total. The van der Waals surface area contributed by atoms with E-state index in [4.69, 9.17) is 15.2 Å². The summed E-state index contributed by atoms with van der Waals surface area (Å²) in [6.07, 6.45) is 0.152. The number of nitrogens with two attached hydrogens (primary N) is 1. The zero-order valence-corrected chi connectivity index (χ0v) is 12.8. The van der Waals surface area contributed by atoms with Gasteiger partial charge in [0.15, 0.2) is 0 Å². The molecule has 20 heavy (non-hydrogen) atoms. The zero-order chi connectivity index (χ0) is 14.5. The van der Waals surface area contributed by atoms with Gasteiger partial charge in [-0.2, -0.15) is 0 Å². The molecule has 0 aliphatic carbocycles. The number of hydrogen-bond donors (Lipinski definition) is 1. The van der Waals surface area contributed by atoms with Crippen LogP contribution in [0.2, 0.25) is 0 Å². The molecule has 1 aliphatic rings. The fraction of sp³-hybridized carbons (Fsp3) is 0.625. The lowest BCUT2D eigenvalue weighted by atomic mass is 10.2. The Hall–Kier alpha value is -1.26. The number of aryl methyl sites for hydroxylation is 1. The van der Waals surface area contributed by atoms with Crippen LogP contribution in [-0.2, 0) is 4.74 Å². The molecule has 1 atom stereocenters. The number of nitrogens with zero attached hydrogens (tertiary/aromatic N) is 1. The number of rotatable bonds is 5. The van der Waals surface area contributed by atoms with Gasteiger partial charge in [-0.05, 0) is 36.6 Å². The van der Waals surface area contributed by atoms with Crippen molar-refractivity contribution in [3.05, 3.63) is 23.8 Å². The lowest BCUT2D eigenvalue weighted by Crippen LogP contribution is -2.46. The van der Waals surface area contributed by atoms with Crippen molar-refractivity contribution in [1.29, 1.82) is 0 Å². The summed E-state index contributed by atoms with van der Waals surface area (Å²) in [6.45, 7) is 11.0. The number of benzene rings is 1. The van der Waals surface area contributed by atoms with Gasteiger partial charge in [-0.25, -0.2) is 0 Å². The highest BCUT2D eigenvalue weighted by Gasteiger charge is 2.21. The Morgan fingerprint density at radius 1 is 1.45 bits per heavy atom. The van der Waals surface area contributed by atoms with Gasteiger partial charge in [-0.3, -0.25) is 4.90 Å². The molecule has 1 aliphatic heterocycles. The maximum atomic E-state index is 5.88. The van der Waals surface area contributed by atoms with Gasteiger partial charge >= 0.3 is 0 Å². The molecule has 1 aromatic carbocycles. The molecule has 0 spiro atoms. The fourth-order valence-electron chi connectivity index (χ4n) is 2.58. The zero-order valence-electron chi connectivity index (χ0n) is 12.8. The minimum atomic E-state index is 0.152. The molecule has 0 radical (unpaired) electrons. The van der Waals surface area contributed by atoms with E-state index in [1.165, 1.54) is 0 Å². The molecule has 1 aromatic rings. The van der Waals surface area contributed by atoms with E-state index in [2.05, 4.69) is 18.7 Å². The molecule has 0 bridgehead atoms. The van der Waals surface area contributed by atoms with Gasteiger partial charge in [0.1, 0.15) is 18.5 Å². The fourth-order valence-corrected chi connectivity index (χ4v) is 2.58. The standard InChI is InChI=1S/C16H26N2O2/c1-12(2)9-18-6-7-19-15(10-18)11-20-16-5-4-14(17)8-13(16)3/h4-5,8,12,15H,6-7,9-11,17H2,1-3H3. The van der Waals surface area contributed by atoms with Crippen molar-refractivity contribution < 1.29 is 9.47 Å². The highest BCUT2D eigenvalue weighted by molar-refractivity contribution is 5.47. The Morgan fingerprint density at radius 3 is 2.95 bits per heavy atom. The maximum Gasteiger partial charge on any atom is 0.122 e. The van der Waals surface area contributed by atoms with Crippen LogP contribution in [0.15, 0.2) is 18.2 Å². The van der Waals surface area contributed by atoms with E-state index in [1.54, 1.807) is 0 Å². The summed E-state index contributed by atoms with van der Waals surface area (Å²) in [5.41, 5.74) is 7.58. The second kappa shape index (κ2) is 6.95. The highest BCUT2D eigenvalue weighted by atomic mass is 16.5. The van der Waals surface area contributed by atoms with Crippen LogP contribution in [0.4, 0.5) is 5.69 Å². The summed E-state index contributed by atoms with van der Waals surface area (Å²) in [5.74, 6) is 1.58. The van der Waals surface area contributed by atoms with Gasteiger partial charge in [-0.15, -0.1) is 0 Å². The normalized spacial score (nSPS) is 20.3. The number of morpholine rings is 1.